The second kappa shape index (κ2) is 6.99. The summed E-state index contributed by atoms with van der Waals surface area (Å²) in [5, 5.41) is 4.41. The van der Waals surface area contributed by atoms with E-state index < -0.39 is 0 Å². The van der Waals surface area contributed by atoms with Crippen LogP contribution >= 0.6 is 11.6 Å². The summed E-state index contributed by atoms with van der Waals surface area (Å²) >= 11 is 6.12. The zero-order valence-corrected chi connectivity index (χ0v) is 13.5. The molecule has 0 amide bonds. The first-order chi connectivity index (χ1) is 10.3. The topological polar surface area (TPSA) is 24.5 Å². The van der Waals surface area contributed by atoms with Gasteiger partial charge in [-0.2, -0.15) is 0 Å². The van der Waals surface area contributed by atoms with Gasteiger partial charge in [0, 0.05) is 24.7 Å². The normalized spacial score (nSPS) is 28.0. The molecule has 0 aromatic heterocycles. The molecule has 0 saturated carbocycles. The smallest absolute Gasteiger partial charge is 0.137 e. The Labute approximate surface area is 132 Å². The standard InChI is InChI=1S/C17H25ClN2O/c1-2-20(15-11-13-7-8-14(12-15)19-13)9-10-21-17-6-4-3-5-16(17)18/h3-6,13-15,19H,2,7-12H2,1H3. The van der Waals surface area contributed by atoms with Gasteiger partial charge in [-0.05, 0) is 44.4 Å². The van der Waals surface area contributed by atoms with Crippen LogP contribution in [0.25, 0.3) is 0 Å². The molecule has 2 aliphatic rings. The Morgan fingerprint density at radius 1 is 1.24 bits per heavy atom. The Bertz CT molecular complexity index is 456. The summed E-state index contributed by atoms with van der Waals surface area (Å²) in [6.07, 6.45) is 5.29. The van der Waals surface area contributed by atoms with Crippen molar-refractivity contribution in [1.82, 2.24) is 10.2 Å². The number of fused-ring (bicyclic) bond motifs is 2. The van der Waals surface area contributed by atoms with Crippen LogP contribution in [0.4, 0.5) is 0 Å². The molecule has 0 aliphatic carbocycles. The van der Waals surface area contributed by atoms with E-state index in [9.17, 15) is 0 Å². The average Bonchev–Trinajstić information content (AvgIpc) is 2.84. The maximum absolute atomic E-state index is 6.12. The van der Waals surface area contributed by atoms with E-state index in [1.165, 1.54) is 25.7 Å². The number of hydrogen-bond donors (Lipinski definition) is 1. The lowest BCUT2D eigenvalue weighted by Gasteiger charge is -2.37. The first-order valence-corrected chi connectivity index (χ1v) is 8.51. The zero-order valence-electron chi connectivity index (χ0n) is 12.7. The van der Waals surface area contributed by atoms with Gasteiger partial charge in [-0.15, -0.1) is 0 Å². The number of piperidine rings is 1. The van der Waals surface area contributed by atoms with Crippen LogP contribution in [0.1, 0.15) is 32.6 Å². The fourth-order valence-electron chi connectivity index (χ4n) is 3.76. The second-order valence-electron chi connectivity index (χ2n) is 6.17. The van der Waals surface area contributed by atoms with E-state index >= 15 is 0 Å². The maximum atomic E-state index is 6.12. The minimum absolute atomic E-state index is 0.695. The molecule has 2 aliphatic heterocycles. The molecule has 2 fully saturated rings. The number of benzene rings is 1. The molecule has 1 aromatic rings. The predicted octanol–water partition coefficient (Wildman–Crippen LogP) is 3.32. The van der Waals surface area contributed by atoms with Gasteiger partial charge < -0.3 is 10.1 Å². The van der Waals surface area contributed by atoms with Crippen molar-refractivity contribution in [2.75, 3.05) is 19.7 Å². The van der Waals surface area contributed by atoms with Crippen molar-refractivity contribution in [3.8, 4) is 5.75 Å². The molecule has 2 saturated heterocycles. The number of halogens is 1. The van der Waals surface area contributed by atoms with Crippen LogP contribution in [0.2, 0.25) is 5.02 Å². The molecule has 2 bridgehead atoms. The van der Waals surface area contributed by atoms with Crippen molar-refractivity contribution in [1.29, 1.82) is 0 Å². The highest BCUT2D eigenvalue weighted by atomic mass is 35.5. The SMILES string of the molecule is CCN(CCOc1ccccc1Cl)C1CC2CCC(C1)N2. The summed E-state index contributed by atoms with van der Waals surface area (Å²) in [5.41, 5.74) is 0. The maximum Gasteiger partial charge on any atom is 0.137 e. The van der Waals surface area contributed by atoms with E-state index in [4.69, 9.17) is 16.3 Å². The Balaban J connectivity index is 1.50. The van der Waals surface area contributed by atoms with E-state index in [2.05, 4.69) is 17.1 Å². The molecular weight excluding hydrogens is 284 g/mol. The van der Waals surface area contributed by atoms with Crippen LogP contribution in [-0.2, 0) is 0 Å². The first kappa shape index (κ1) is 15.1. The number of nitrogens with zero attached hydrogens (tertiary/aromatic N) is 1. The molecule has 0 radical (unpaired) electrons. The van der Waals surface area contributed by atoms with Crippen molar-refractivity contribution < 1.29 is 4.74 Å². The van der Waals surface area contributed by atoms with Crippen molar-refractivity contribution in [2.45, 2.75) is 50.7 Å². The number of nitrogens with one attached hydrogen (secondary N) is 1. The quantitative estimate of drug-likeness (QED) is 0.872. The van der Waals surface area contributed by atoms with Gasteiger partial charge >= 0.3 is 0 Å². The summed E-state index contributed by atoms with van der Waals surface area (Å²) in [5.74, 6) is 0.792. The zero-order chi connectivity index (χ0) is 14.7. The summed E-state index contributed by atoms with van der Waals surface area (Å²) < 4.78 is 5.84. The lowest BCUT2D eigenvalue weighted by atomic mass is 9.98. The monoisotopic (exact) mass is 308 g/mol. The van der Waals surface area contributed by atoms with E-state index in [0.29, 0.717) is 17.7 Å². The molecule has 3 nitrogen and oxygen atoms in total. The van der Waals surface area contributed by atoms with Crippen LogP contribution in [0.5, 0.6) is 5.75 Å². The lowest BCUT2D eigenvalue weighted by Crippen LogP contribution is -2.49. The van der Waals surface area contributed by atoms with Gasteiger partial charge in [-0.1, -0.05) is 30.7 Å². The number of hydrogen-bond acceptors (Lipinski definition) is 3. The number of rotatable bonds is 6. The van der Waals surface area contributed by atoms with Crippen LogP contribution < -0.4 is 10.1 Å². The fourth-order valence-corrected chi connectivity index (χ4v) is 3.95. The van der Waals surface area contributed by atoms with Gasteiger partial charge in [0.2, 0.25) is 0 Å². The van der Waals surface area contributed by atoms with Gasteiger partial charge in [0.15, 0.2) is 0 Å². The van der Waals surface area contributed by atoms with Gasteiger partial charge in [0.1, 0.15) is 12.4 Å². The fraction of sp³-hybridized carbons (Fsp3) is 0.647. The summed E-state index contributed by atoms with van der Waals surface area (Å²) in [7, 11) is 0. The third-order valence-electron chi connectivity index (χ3n) is 4.84. The van der Waals surface area contributed by atoms with Crippen molar-refractivity contribution in [2.24, 2.45) is 0 Å². The third-order valence-corrected chi connectivity index (χ3v) is 5.16. The molecule has 1 N–H and O–H groups in total. The van der Waals surface area contributed by atoms with Gasteiger partial charge in [0.25, 0.3) is 0 Å². The molecule has 0 spiro atoms. The van der Waals surface area contributed by atoms with Crippen molar-refractivity contribution in [3.05, 3.63) is 29.3 Å². The van der Waals surface area contributed by atoms with Crippen LogP contribution in [0.3, 0.4) is 0 Å². The highest BCUT2D eigenvalue weighted by Crippen LogP contribution is 2.29. The predicted molar refractivity (Wildman–Crippen MR) is 87.2 cm³/mol. The molecule has 2 heterocycles. The summed E-state index contributed by atoms with van der Waals surface area (Å²) in [6.45, 7) is 5.03. The number of likely N-dealkylation sites (N-methyl/N-ethyl adjacent to an activating group) is 1. The second-order valence-corrected chi connectivity index (χ2v) is 6.58. The molecule has 21 heavy (non-hydrogen) atoms. The molecule has 1 aromatic carbocycles. The van der Waals surface area contributed by atoms with E-state index in [0.717, 1.165) is 30.9 Å². The van der Waals surface area contributed by atoms with Gasteiger partial charge in [-0.3, -0.25) is 4.90 Å². The van der Waals surface area contributed by atoms with Crippen LogP contribution in [0.15, 0.2) is 24.3 Å². The molecule has 116 valence electrons. The number of para-hydroxylation sites is 1. The Morgan fingerprint density at radius 3 is 2.62 bits per heavy atom. The molecule has 2 atom stereocenters. The first-order valence-electron chi connectivity index (χ1n) is 8.13. The molecular formula is C17H25ClN2O. The number of ether oxygens (including phenoxy) is 1. The van der Waals surface area contributed by atoms with Crippen LogP contribution in [-0.4, -0.2) is 42.7 Å². The molecule has 3 rings (SSSR count). The Kier molecular flexibility index (Phi) is 5.04. The molecule has 4 heteroatoms. The minimum Gasteiger partial charge on any atom is -0.491 e. The van der Waals surface area contributed by atoms with Crippen LogP contribution in [0, 0.1) is 0 Å². The van der Waals surface area contributed by atoms with Crippen molar-refractivity contribution in [3.63, 3.8) is 0 Å². The van der Waals surface area contributed by atoms with Crippen molar-refractivity contribution >= 4 is 11.6 Å². The third kappa shape index (κ3) is 3.71. The lowest BCUT2D eigenvalue weighted by molar-refractivity contribution is 0.125. The highest BCUT2D eigenvalue weighted by molar-refractivity contribution is 6.32. The Morgan fingerprint density at radius 2 is 1.95 bits per heavy atom. The molecule has 2 unspecified atom stereocenters. The highest BCUT2D eigenvalue weighted by Gasteiger charge is 2.35. The largest absolute Gasteiger partial charge is 0.491 e. The Hall–Kier alpha value is -0.770. The van der Waals surface area contributed by atoms with E-state index in [-0.39, 0.29) is 0 Å². The van der Waals surface area contributed by atoms with E-state index in [1.807, 2.05) is 24.3 Å². The van der Waals surface area contributed by atoms with Gasteiger partial charge in [-0.25, -0.2) is 0 Å². The summed E-state index contributed by atoms with van der Waals surface area (Å²) in [4.78, 5) is 2.57. The minimum atomic E-state index is 0.695. The van der Waals surface area contributed by atoms with E-state index in [1.54, 1.807) is 0 Å². The summed E-state index contributed by atoms with van der Waals surface area (Å²) in [6, 6.07) is 9.90. The average molecular weight is 309 g/mol. The van der Waals surface area contributed by atoms with Gasteiger partial charge in [0.05, 0.1) is 5.02 Å².